The molecule has 0 fully saturated rings. The first-order chi connectivity index (χ1) is 7.56. The molecule has 0 aromatic carbocycles. The largest absolute Gasteiger partial charge is 0.481 e. The number of hydrogen-bond acceptors (Lipinski definition) is 2. The summed E-state index contributed by atoms with van der Waals surface area (Å²) >= 11 is 0. The van der Waals surface area contributed by atoms with E-state index >= 15 is 0 Å². The van der Waals surface area contributed by atoms with Crippen molar-refractivity contribution in [1.29, 1.82) is 5.41 Å². The number of nitrogens with two attached hydrogens (primary N) is 1. The zero-order valence-corrected chi connectivity index (χ0v) is 9.96. The van der Waals surface area contributed by atoms with E-state index in [1.165, 1.54) is 0 Å². The summed E-state index contributed by atoms with van der Waals surface area (Å²) in [5.74, 6) is -0.746. The smallest absolute Gasteiger partial charge is 0.303 e. The molecule has 0 radical (unpaired) electrons. The van der Waals surface area contributed by atoms with E-state index in [-0.39, 0.29) is 18.4 Å². The lowest BCUT2D eigenvalue weighted by Gasteiger charge is -2.18. The van der Waals surface area contributed by atoms with Crippen LogP contribution >= 0.6 is 0 Å². The molecule has 0 amide bonds. The molecule has 0 heterocycles. The zero-order chi connectivity index (χ0) is 12.4. The van der Waals surface area contributed by atoms with Crippen LogP contribution in [0, 0.1) is 5.41 Å². The predicted molar refractivity (Wildman–Crippen MR) is 64.5 cm³/mol. The van der Waals surface area contributed by atoms with E-state index < -0.39 is 5.97 Å². The molecule has 0 aliphatic heterocycles. The van der Waals surface area contributed by atoms with Crippen molar-refractivity contribution in [3.8, 4) is 0 Å². The minimum absolute atomic E-state index is 0.000613. The van der Waals surface area contributed by atoms with E-state index in [9.17, 15) is 4.79 Å². The molecule has 0 saturated carbocycles. The predicted octanol–water partition coefficient (Wildman–Crippen LogP) is 1.67. The van der Waals surface area contributed by atoms with Crippen LogP contribution in [0.4, 0.5) is 0 Å². The Bertz CT molecular complexity index is 219. The molecule has 0 aromatic heterocycles. The molecular formula is C11H23N3O2. The van der Waals surface area contributed by atoms with Gasteiger partial charge in [0.1, 0.15) is 0 Å². The number of hydrogen-bond donors (Lipinski definition) is 4. The zero-order valence-electron chi connectivity index (χ0n) is 9.96. The monoisotopic (exact) mass is 229 g/mol. The maximum absolute atomic E-state index is 10.3. The van der Waals surface area contributed by atoms with Crippen molar-refractivity contribution in [2.75, 3.05) is 0 Å². The molecule has 5 heteroatoms. The van der Waals surface area contributed by atoms with Crippen molar-refractivity contribution < 1.29 is 9.90 Å². The van der Waals surface area contributed by atoms with Gasteiger partial charge in [-0.15, -0.1) is 0 Å². The summed E-state index contributed by atoms with van der Waals surface area (Å²) < 4.78 is 0. The van der Waals surface area contributed by atoms with Crippen LogP contribution < -0.4 is 11.1 Å². The minimum Gasteiger partial charge on any atom is -0.481 e. The number of unbranched alkanes of at least 4 members (excludes halogenated alkanes) is 2. The standard InChI is InChI=1S/C11H23N3O2/c1-2-3-6-9(14-11(12)13)7-4-5-8-10(15)16/h9H,2-8H2,1H3,(H,15,16)(H4,12,13,14). The van der Waals surface area contributed by atoms with Gasteiger partial charge in [-0.1, -0.05) is 26.2 Å². The van der Waals surface area contributed by atoms with Gasteiger partial charge in [-0.05, 0) is 19.3 Å². The van der Waals surface area contributed by atoms with Crippen LogP contribution in [0.15, 0.2) is 0 Å². The maximum atomic E-state index is 10.3. The number of carboxylic acid groups (broad SMARTS) is 1. The Morgan fingerprint density at radius 2 is 2.00 bits per heavy atom. The third-order valence-electron chi connectivity index (χ3n) is 2.46. The third kappa shape index (κ3) is 9.30. The van der Waals surface area contributed by atoms with Gasteiger partial charge < -0.3 is 16.2 Å². The average molecular weight is 229 g/mol. The lowest BCUT2D eigenvalue weighted by atomic mass is 10.0. The quantitative estimate of drug-likeness (QED) is 0.274. The van der Waals surface area contributed by atoms with E-state index in [4.69, 9.17) is 16.2 Å². The SMILES string of the molecule is CCCCC(CCCCC(=O)O)NC(=N)N. The number of aliphatic carboxylic acids is 1. The summed E-state index contributed by atoms with van der Waals surface area (Å²) in [4.78, 5) is 10.3. The molecule has 0 bridgehead atoms. The summed E-state index contributed by atoms with van der Waals surface area (Å²) in [5.41, 5.74) is 5.30. The molecule has 0 aliphatic rings. The molecule has 0 spiro atoms. The average Bonchev–Trinajstić information content (AvgIpc) is 2.19. The van der Waals surface area contributed by atoms with Gasteiger partial charge in [-0.2, -0.15) is 0 Å². The molecule has 0 rings (SSSR count). The first kappa shape index (κ1) is 14.7. The first-order valence-electron chi connectivity index (χ1n) is 5.88. The van der Waals surface area contributed by atoms with Crippen molar-refractivity contribution >= 4 is 11.9 Å². The van der Waals surface area contributed by atoms with Crippen LogP contribution in [-0.4, -0.2) is 23.1 Å². The van der Waals surface area contributed by atoms with Crippen LogP contribution in [0.2, 0.25) is 0 Å². The topological polar surface area (TPSA) is 99.2 Å². The molecule has 0 aromatic rings. The van der Waals surface area contributed by atoms with Gasteiger partial charge in [-0.3, -0.25) is 10.2 Å². The number of carboxylic acids is 1. The highest BCUT2D eigenvalue weighted by Gasteiger charge is 2.08. The molecule has 0 aliphatic carbocycles. The molecule has 16 heavy (non-hydrogen) atoms. The molecule has 1 atom stereocenters. The van der Waals surface area contributed by atoms with E-state index in [1.807, 2.05) is 0 Å². The Labute approximate surface area is 96.9 Å². The molecule has 94 valence electrons. The van der Waals surface area contributed by atoms with Crippen molar-refractivity contribution in [1.82, 2.24) is 5.32 Å². The van der Waals surface area contributed by atoms with Crippen LogP contribution in [0.1, 0.15) is 51.9 Å². The lowest BCUT2D eigenvalue weighted by Crippen LogP contribution is -2.39. The fourth-order valence-corrected chi connectivity index (χ4v) is 1.63. The van der Waals surface area contributed by atoms with E-state index in [2.05, 4.69) is 12.2 Å². The van der Waals surface area contributed by atoms with Crippen LogP contribution in [0.5, 0.6) is 0 Å². The summed E-state index contributed by atoms with van der Waals surface area (Å²) in [6.45, 7) is 2.12. The molecular weight excluding hydrogens is 206 g/mol. The van der Waals surface area contributed by atoms with Gasteiger partial charge in [0.15, 0.2) is 5.96 Å². The van der Waals surface area contributed by atoms with Crippen molar-refractivity contribution in [2.45, 2.75) is 57.9 Å². The second-order valence-corrected chi connectivity index (χ2v) is 4.04. The summed E-state index contributed by atoms with van der Waals surface area (Å²) in [7, 11) is 0. The van der Waals surface area contributed by atoms with Gasteiger partial charge >= 0.3 is 5.97 Å². The highest BCUT2D eigenvalue weighted by atomic mass is 16.4. The highest BCUT2D eigenvalue weighted by molar-refractivity contribution is 5.74. The first-order valence-corrected chi connectivity index (χ1v) is 5.88. The van der Waals surface area contributed by atoms with E-state index in [0.717, 1.165) is 32.1 Å². The minimum atomic E-state index is -0.746. The van der Waals surface area contributed by atoms with Gasteiger partial charge in [-0.25, -0.2) is 0 Å². The second-order valence-electron chi connectivity index (χ2n) is 4.04. The van der Waals surface area contributed by atoms with Crippen LogP contribution in [-0.2, 0) is 4.79 Å². The number of carbonyl (C=O) groups is 1. The summed E-state index contributed by atoms with van der Waals surface area (Å²) in [6, 6.07) is 0.214. The molecule has 5 N–H and O–H groups in total. The summed E-state index contributed by atoms with van der Waals surface area (Å²) in [6.07, 6.45) is 5.87. The summed E-state index contributed by atoms with van der Waals surface area (Å²) in [5, 5.41) is 18.6. The van der Waals surface area contributed by atoms with Gasteiger partial charge in [0.2, 0.25) is 0 Å². The Balaban J connectivity index is 3.72. The van der Waals surface area contributed by atoms with Gasteiger partial charge in [0, 0.05) is 12.5 Å². The lowest BCUT2D eigenvalue weighted by molar-refractivity contribution is -0.137. The number of rotatable bonds is 9. The Hall–Kier alpha value is -1.26. The van der Waals surface area contributed by atoms with E-state index in [1.54, 1.807) is 0 Å². The molecule has 1 unspecified atom stereocenters. The molecule has 5 nitrogen and oxygen atoms in total. The second kappa shape index (κ2) is 9.00. The third-order valence-corrected chi connectivity index (χ3v) is 2.46. The van der Waals surface area contributed by atoms with Crippen molar-refractivity contribution in [2.24, 2.45) is 5.73 Å². The van der Waals surface area contributed by atoms with Gasteiger partial charge in [0.05, 0.1) is 0 Å². The van der Waals surface area contributed by atoms with Gasteiger partial charge in [0.25, 0.3) is 0 Å². The van der Waals surface area contributed by atoms with Crippen molar-refractivity contribution in [3.63, 3.8) is 0 Å². The van der Waals surface area contributed by atoms with E-state index in [0.29, 0.717) is 6.42 Å². The maximum Gasteiger partial charge on any atom is 0.303 e. The van der Waals surface area contributed by atoms with Crippen LogP contribution in [0.25, 0.3) is 0 Å². The van der Waals surface area contributed by atoms with Crippen molar-refractivity contribution in [3.05, 3.63) is 0 Å². The molecule has 0 saturated heterocycles. The Kier molecular flexibility index (Phi) is 8.29. The Morgan fingerprint density at radius 1 is 1.38 bits per heavy atom. The highest BCUT2D eigenvalue weighted by Crippen LogP contribution is 2.09. The number of nitrogens with one attached hydrogen (secondary N) is 2. The fourth-order valence-electron chi connectivity index (χ4n) is 1.63. The number of guanidine groups is 1. The Morgan fingerprint density at radius 3 is 2.50 bits per heavy atom. The van der Waals surface area contributed by atoms with Crippen LogP contribution in [0.3, 0.4) is 0 Å². The fraction of sp³-hybridized carbons (Fsp3) is 0.818. The normalized spacial score (nSPS) is 12.1.